The Balaban J connectivity index is 2.73. The van der Waals surface area contributed by atoms with Crippen LogP contribution in [-0.2, 0) is 7.05 Å². The fourth-order valence-corrected chi connectivity index (χ4v) is 2.01. The summed E-state index contributed by atoms with van der Waals surface area (Å²) in [7, 11) is 1.71. The Morgan fingerprint density at radius 3 is 2.68 bits per heavy atom. The summed E-state index contributed by atoms with van der Waals surface area (Å²) in [5, 5.41) is 13.1. The van der Waals surface area contributed by atoms with Gasteiger partial charge in [0, 0.05) is 24.5 Å². The molecule has 0 spiro atoms. The Hall–Kier alpha value is -2.37. The maximum Gasteiger partial charge on any atom is 0.337 e. The number of nitrogens with two attached hydrogens (primary N) is 1. The topological polar surface area (TPSA) is 81.1 Å². The first-order valence-electron chi connectivity index (χ1n) is 5.71. The molecule has 1 heterocycles. The highest BCUT2D eigenvalue weighted by Crippen LogP contribution is 2.33. The number of alkyl halides is 1. The van der Waals surface area contributed by atoms with Crippen molar-refractivity contribution in [2.24, 2.45) is 7.05 Å². The van der Waals surface area contributed by atoms with Crippen LogP contribution in [0, 0.1) is 0 Å². The van der Waals surface area contributed by atoms with E-state index in [0.717, 1.165) is 0 Å². The highest BCUT2D eigenvalue weighted by molar-refractivity contribution is 5.95. The quantitative estimate of drug-likeness (QED) is 0.833. The molecule has 1 aromatic carbocycles. The van der Waals surface area contributed by atoms with E-state index in [-0.39, 0.29) is 11.3 Å². The van der Waals surface area contributed by atoms with Crippen molar-refractivity contribution in [1.82, 2.24) is 9.78 Å². The van der Waals surface area contributed by atoms with Crippen LogP contribution in [0.1, 0.15) is 29.0 Å². The van der Waals surface area contributed by atoms with Crippen molar-refractivity contribution in [2.75, 3.05) is 5.73 Å². The van der Waals surface area contributed by atoms with Gasteiger partial charge >= 0.3 is 5.97 Å². The average molecular weight is 263 g/mol. The molecule has 100 valence electrons. The molecule has 19 heavy (non-hydrogen) atoms. The predicted molar refractivity (Wildman–Crippen MR) is 69.5 cm³/mol. The third kappa shape index (κ3) is 2.29. The smallest absolute Gasteiger partial charge is 0.337 e. The SMILES string of the molecule is CC(F)c1cc(N)c(C(=O)O)cc1-c1ccnn1C. The number of aromatic nitrogens is 2. The van der Waals surface area contributed by atoms with Crippen LogP contribution in [0.4, 0.5) is 10.1 Å². The van der Waals surface area contributed by atoms with Crippen molar-refractivity contribution in [2.45, 2.75) is 13.1 Å². The minimum atomic E-state index is -1.25. The first-order valence-corrected chi connectivity index (χ1v) is 5.71. The molecular weight excluding hydrogens is 249 g/mol. The number of nitrogen functional groups attached to an aromatic ring is 1. The van der Waals surface area contributed by atoms with E-state index in [4.69, 9.17) is 10.8 Å². The van der Waals surface area contributed by atoms with Crippen molar-refractivity contribution < 1.29 is 14.3 Å². The lowest BCUT2D eigenvalue weighted by molar-refractivity contribution is 0.0698. The van der Waals surface area contributed by atoms with Crippen LogP contribution < -0.4 is 5.73 Å². The second-order valence-corrected chi connectivity index (χ2v) is 4.29. The van der Waals surface area contributed by atoms with Gasteiger partial charge in [0.05, 0.1) is 11.3 Å². The fraction of sp³-hybridized carbons (Fsp3) is 0.231. The van der Waals surface area contributed by atoms with E-state index in [9.17, 15) is 9.18 Å². The number of benzene rings is 1. The Labute approximate surface area is 109 Å². The highest BCUT2D eigenvalue weighted by Gasteiger charge is 2.19. The monoisotopic (exact) mass is 263 g/mol. The van der Waals surface area contributed by atoms with Gasteiger partial charge in [0.1, 0.15) is 6.17 Å². The summed E-state index contributed by atoms with van der Waals surface area (Å²) < 4.78 is 15.3. The number of carboxylic acid groups (broad SMARTS) is 1. The molecule has 1 aromatic heterocycles. The Morgan fingerprint density at radius 2 is 2.21 bits per heavy atom. The van der Waals surface area contributed by atoms with Crippen LogP contribution in [0.15, 0.2) is 24.4 Å². The molecule has 0 bridgehead atoms. The lowest BCUT2D eigenvalue weighted by Crippen LogP contribution is -2.06. The van der Waals surface area contributed by atoms with Crippen molar-refractivity contribution in [1.29, 1.82) is 0 Å². The van der Waals surface area contributed by atoms with Crippen LogP contribution in [-0.4, -0.2) is 20.9 Å². The summed E-state index contributed by atoms with van der Waals surface area (Å²) in [4.78, 5) is 11.1. The molecule has 0 aliphatic rings. The van der Waals surface area contributed by atoms with Crippen LogP contribution in [0.5, 0.6) is 0 Å². The summed E-state index contributed by atoms with van der Waals surface area (Å²) in [5.41, 5.74) is 7.14. The lowest BCUT2D eigenvalue weighted by Gasteiger charge is -2.14. The third-order valence-corrected chi connectivity index (χ3v) is 2.98. The van der Waals surface area contributed by atoms with Crippen molar-refractivity contribution in [3.05, 3.63) is 35.5 Å². The number of anilines is 1. The lowest BCUT2D eigenvalue weighted by atomic mass is 9.97. The Morgan fingerprint density at radius 1 is 1.53 bits per heavy atom. The molecule has 6 heteroatoms. The number of aryl methyl sites for hydroxylation is 1. The molecule has 0 saturated heterocycles. The molecule has 3 N–H and O–H groups in total. The summed E-state index contributed by atoms with van der Waals surface area (Å²) >= 11 is 0. The van der Waals surface area contributed by atoms with Crippen LogP contribution in [0.3, 0.4) is 0 Å². The number of nitrogens with zero attached hydrogens (tertiary/aromatic N) is 2. The standard InChI is InChI=1S/C13H14FN3O2/c1-7(14)8-6-11(15)10(13(18)19)5-9(8)12-3-4-16-17(12)2/h3-7H,15H2,1-2H3,(H,18,19). The molecule has 1 atom stereocenters. The zero-order chi connectivity index (χ0) is 14.2. The van der Waals surface area contributed by atoms with Crippen LogP contribution >= 0.6 is 0 Å². The number of hydrogen-bond acceptors (Lipinski definition) is 3. The molecule has 5 nitrogen and oxygen atoms in total. The fourth-order valence-electron chi connectivity index (χ4n) is 2.01. The Kier molecular flexibility index (Phi) is 3.25. The van der Waals surface area contributed by atoms with E-state index in [1.807, 2.05) is 0 Å². The molecule has 0 aliphatic heterocycles. The first-order chi connectivity index (χ1) is 8.91. The van der Waals surface area contributed by atoms with Gasteiger partial charge in [-0.25, -0.2) is 9.18 Å². The van der Waals surface area contributed by atoms with Gasteiger partial charge in [-0.2, -0.15) is 5.10 Å². The molecule has 0 amide bonds. The first kappa shape index (κ1) is 13.1. The number of aromatic carboxylic acids is 1. The van der Waals surface area contributed by atoms with Crippen LogP contribution in [0.2, 0.25) is 0 Å². The summed E-state index contributed by atoms with van der Waals surface area (Å²) in [6.45, 7) is 1.38. The highest BCUT2D eigenvalue weighted by atomic mass is 19.1. The van der Waals surface area contributed by atoms with E-state index in [1.165, 1.54) is 19.1 Å². The van der Waals surface area contributed by atoms with Gasteiger partial charge in [-0.05, 0) is 30.7 Å². The summed E-state index contributed by atoms with van der Waals surface area (Å²) in [6, 6.07) is 4.46. The molecule has 1 unspecified atom stereocenters. The normalized spacial score (nSPS) is 12.4. The van der Waals surface area contributed by atoms with Gasteiger partial charge in [-0.15, -0.1) is 0 Å². The molecule has 0 fully saturated rings. The molecule has 2 aromatic rings. The number of halogens is 1. The van der Waals surface area contributed by atoms with Gasteiger partial charge in [0.2, 0.25) is 0 Å². The van der Waals surface area contributed by atoms with E-state index < -0.39 is 12.1 Å². The van der Waals surface area contributed by atoms with E-state index in [1.54, 1.807) is 24.0 Å². The zero-order valence-electron chi connectivity index (χ0n) is 10.6. The molecular formula is C13H14FN3O2. The van der Waals surface area contributed by atoms with Gasteiger partial charge in [0.25, 0.3) is 0 Å². The largest absolute Gasteiger partial charge is 0.478 e. The molecule has 2 rings (SSSR count). The van der Waals surface area contributed by atoms with Gasteiger partial charge in [0.15, 0.2) is 0 Å². The number of carboxylic acids is 1. The number of carbonyl (C=O) groups is 1. The van der Waals surface area contributed by atoms with E-state index in [2.05, 4.69) is 5.10 Å². The number of hydrogen-bond donors (Lipinski definition) is 2. The minimum Gasteiger partial charge on any atom is -0.478 e. The minimum absolute atomic E-state index is 0.0411. The van der Waals surface area contributed by atoms with Crippen molar-refractivity contribution in [3.63, 3.8) is 0 Å². The van der Waals surface area contributed by atoms with Gasteiger partial charge in [-0.3, -0.25) is 4.68 Å². The second kappa shape index (κ2) is 4.72. The third-order valence-electron chi connectivity index (χ3n) is 2.98. The molecule has 0 saturated carbocycles. The maximum absolute atomic E-state index is 13.7. The van der Waals surface area contributed by atoms with Crippen molar-refractivity contribution >= 4 is 11.7 Å². The second-order valence-electron chi connectivity index (χ2n) is 4.29. The maximum atomic E-state index is 13.7. The van der Waals surface area contributed by atoms with E-state index >= 15 is 0 Å². The summed E-state index contributed by atoms with van der Waals surface area (Å²) in [5.74, 6) is -1.14. The predicted octanol–water partition coefficient (Wildman–Crippen LogP) is 2.40. The van der Waals surface area contributed by atoms with Gasteiger partial charge < -0.3 is 10.8 Å². The van der Waals surface area contributed by atoms with Crippen molar-refractivity contribution in [3.8, 4) is 11.3 Å². The number of rotatable bonds is 3. The summed E-state index contributed by atoms with van der Waals surface area (Å²) in [6.07, 6.45) is 0.314. The zero-order valence-corrected chi connectivity index (χ0v) is 10.6. The molecule has 0 aliphatic carbocycles. The van der Waals surface area contributed by atoms with Crippen LogP contribution in [0.25, 0.3) is 11.3 Å². The average Bonchev–Trinajstić information content (AvgIpc) is 2.74. The van der Waals surface area contributed by atoms with Gasteiger partial charge in [-0.1, -0.05) is 0 Å². The van der Waals surface area contributed by atoms with E-state index in [0.29, 0.717) is 16.8 Å². The Bertz CT molecular complexity index is 635. The molecule has 0 radical (unpaired) electrons.